The molecular weight excluding hydrogens is 613 g/mol. The SMILES string of the molecule is Cc1c(CCCCCCCc2ccc(-c3ccc(-c4ccccc4)c(C)c3C)c(C)c2C)ccc(-c2ccc(-c3ccccc3)c(C)c2C)c1C. The Balaban J connectivity index is 1.01. The summed E-state index contributed by atoms with van der Waals surface area (Å²) in [5, 5.41) is 0. The summed E-state index contributed by atoms with van der Waals surface area (Å²) in [6, 6.07) is 40.3. The lowest BCUT2D eigenvalue weighted by Crippen LogP contribution is -1.99. The second-order valence-electron chi connectivity index (χ2n) is 14.9. The van der Waals surface area contributed by atoms with Crippen LogP contribution < -0.4 is 0 Å². The van der Waals surface area contributed by atoms with Gasteiger partial charge in [0, 0.05) is 0 Å². The number of benzene rings is 6. The number of unbranched alkanes of at least 4 members (excludes halogenated alkanes) is 4. The maximum Gasteiger partial charge on any atom is -0.0149 e. The molecule has 0 heteroatoms. The van der Waals surface area contributed by atoms with Gasteiger partial charge in [-0.2, -0.15) is 0 Å². The number of rotatable bonds is 12. The number of hydrogen-bond acceptors (Lipinski definition) is 0. The van der Waals surface area contributed by atoms with Crippen molar-refractivity contribution in [2.45, 2.75) is 100 Å². The van der Waals surface area contributed by atoms with Crippen molar-refractivity contribution in [3.63, 3.8) is 0 Å². The molecule has 0 amide bonds. The molecule has 0 N–H and O–H groups in total. The molecule has 0 aliphatic heterocycles. The van der Waals surface area contributed by atoms with Crippen molar-refractivity contribution in [1.29, 1.82) is 0 Å². The molecule has 0 nitrogen and oxygen atoms in total. The lowest BCUT2D eigenvalue weighted by atomic mass is 9.86. The van der Waals surface area contributed by atoms with Gasteiger partial charge >= 0.3 is 0 Å². The van der Waals surface area contributed by atoms with Crippen LogP contribution in [-0.2, 0) is 12.8 Å². The highest BCUT2D eigenvalue weighted by molar-refractivity contribution is 5.80. The van der Waals surface area contributed by atoms with Gasteiger partial charge in [0.15, 0.2) is 0 Å². The summed E-state index contributed by atoms with van der Waals surface area (Å²) in [4.78, 5) is 0. The standard InChI is InChI=1S/C51H56/c1-34-36(3)48(50-32-30-46(38(5)40(50)7)44-22-16-12-17-23-44)28-26-42(34)20-14-10-9-11-15-21-43-27-29-49(37(4)35(43)2)51-33-31-47(39(6)41(51)8)45-24-18-13-19-25-45/h12-13,16-19,22-33H,9-11,14-15,20-21H2,1-8H3. The minimum Gasteiger partial charge on any atom is -0.0622 e. The van der Waals surface area contributed by atoms with Gasteiger partial charge in [-0.3, -0.25) is 0 Å². The predicted octanol–water partition coefficient (Wildman–Crippen LogP) is 14.6. The second kappa shape index (κ2) is 16.1. The molecule has 6 rings (SSSR count). The Morgan fingerprint density at radius 3 is 0.902 bits per heavy atom. The first kappa shape index (κ1) is 36.1. The van der Waals surface area contributed by atoms with Crippen LogP contribution in [0.15, 0.2) is 109 Å². The molecule has 0 atom stereocenters. The van der Waals surface area contributed by atoms with Crippen molar-refractivity contribution in [2.24, 2.45) is 0 Å². The molecule has 0 spiro atoms. The Morgan fingerprint density at radius 1 is 0.255 bits per heavy atom. The monoisotopic (exact) mass is 668 g/mol. The zero-order valence-electron chi connectivity index (χ0n) is 32.3. The van der Waals surface area contributed by atoms with Crippen molar-refractivity contribution in [3.8, 4) is 44.5 Å². The first-order valence-corrected chi connectivity index (χ1v) is 19.2. The topological polar surface area (TPSA) is 0 Å². The fraction of sp³-hybridized carbons (Fsp3) is 0.294. The third-order valence-electron chi connectivity index (χ3n) is 12.0. The van der Waals surface area contributed by atoms with E-state index in [1.54, 1.807) is 0 Å². The lowest BCUT2D eigenvalue weighted by Gasteiger charge is -2.18. The average Bonchev–Trinajstić information content (AvgIpc) is 3.15. The van der Waals surface area contributed by atoms with Gasteiger partial charge < -0.3 is 0 Å². The Kier molecular flexibility index (Phi) is 11.4. The van der Waals surface area contributed by atoms with Gasteiger partial charge in [0.1, 0.15) is 0 Å². The van der Waals surface area contributed by atoms with Crippen LogP contribution >= 0.6 is 0 Å². The van der Waals surface area contributed by atoms with E-state index in [1.807, 2.05) is 0 Å². The van der Waals surface area contributed by atoms with Crippen molar-refractivity contribution in [1.82, 2.24) is 0 Å². The van der Waals surface area contributed by atoms with Crippen LogP contribution in [0, 0.1) is 55.4 Å². The molecule has 0 aliphatic rings. The zero-order chi connectivity index (χ0) is 36.1. The summed E-state index contributed by atoms with van der Waals surface area (Å²) in [6.07, 6.45) is 8.77. The largest absolute Gasteiger partial charge is 0.0622 e. The van der Waals surface area contributed by atoms with Crippen LogP contribution in [0.1, 0.15) is 87.7 Å². The Labute approximate surface area is 308 Å². The highest BCUT2D eigenvalue weighted by Gasteiger charge is 2.15. The van der Waals surface area contributed by atoms with E-state index in [0.29, 0.717) is 0 Å². The molecule has 260 valence electrons. The molecule has 0 saturated carbocycles. The van der Waals surface area contributed by atoms with Crippen molar-refractivity contribution in [3.05, 3.63) is 165 Å². The van der Waals surface area contributed by atoms with E-state index in [9.17, 15) is 0 Å². The molecule has 0 heterocycles. The summed E-state index contributed by atoms with van der Waals surface area (Å²) in [5.41, 5.74) is 25.0. The van der Waals surface area contributed by atoms with E-state index in [0.717, 1.165) is 0 Å². The van der Waals surface area contributed by atoms with Gasteiger partial charge in [0.25, 0.3) is 0 Å². The van der Waals surface area contributed by atoms with Gasteiger partial charge in [-0.05, 0) is 181 Å². The quantitative estimate of drug-likeness (QED) is 0.114. The lowest BCUT2D eigenvalue weighted by molar-refractivity contribution is 0.612. The highest BCUT2D eigenvalue weighted by Crippen LogP contribution is 2.37. The van der Waals surface area contributed by atoms with Gasteiger partial charge in [0.2, 0.25) is 0 Å². The van der Waals surface area contributed by atoms with E-state index in [-0.39, 0.29) is 0 Å². The molecule has 0 aromatic heterocycles. The number of hydrogen-bond donors (Lipinski definition) is 0. The molecule has 0 saturated heterocycles. The molecule has 0 fully saturated rings. The fourth-order valence-corrected chi connectivity index (χ4v) is 8.13. The van der Waals surface area contributed by atoms with Crippen molar-refractivity contribution < 1.29 is 0 Å². The van der Waals surface area contributed by atoms with Gasteiger partial charge in [0.05, 0.1) is 0 Å². The zero-order valence-corrected chi connectivity index (χ0v) is 32.3. The number of aryl methyl sites for hydroxylation is 2. The Morgan fingerprint density at radius 2 is 0.529 bits per heavy atom. The Bertz CT molecular complexity index is 1970. The molecule has 51 heavy (non-hydrogen) atoms. The normalized spacial score (nSPS) is 11.3. The van der Waals surface area contributed by atoms with Gasteiger partial charge in [-0.1, -0.05) is 128 Å². The van der Waals surface area contributed by atoms with Gasteiger partial charge in [-0.25, -0.2) is 0 Å². The third-order valence-corrected chi connectivity index (χ3v) is 12.0. The maximum atomic E-state index is 2.40. The summed E-state index contributed by atoms with van der Waals surface area (Å²) in [5.74, 6) is 0. The summed E-state index contributed by atoms with van der Waals surface area (Å²) >= 11 is 0. The van der Waals surface area contributed by atoms with Crippen LogP contribution in [0.3, 0.4) is 0 Å². The molecule has 0 radical (unpaired) electrons. The molecule has 6 aromatic carbocycles. The van der Waals surface area contributed by atoms with Crippen LogP contribution in [0.2, 0.25) is 0 Å². The summed E-state index contributed by atoms with van der Waals surface area (Å²) in [6.45, 7) is 18.4. The van der Waals surface area contributed by atoms with Crippen LogP contribution in [0.5, 0.6) is 0 Å². The minimum absolute atomic E-state index is 1.17. The molecule has 0 aliphatic carbocycles. The summed E-state index contributed by atoms with van der Waals surface area (Å²) < 4.78 is 0. The first-order chi connectivity index (χ1) is 24.7. The van der Waals surface area contributed by atoms with E-state index in [2.05, 4.69) is 165 Å². The highest BCUT2D eigenvalue weighted by atomic mass is 14.2. The minimum atomic E-state index is 1.17. The van der Waals surface area contributed by atoms with Crippen LogP contribution in [0.4, 0.5) is 0 Å². The maximum absolute atomic E-state index is 2.40. The summed E-state index contributed by atoms with van der Waals surface area (Å²) in [7, 11) is 0. The molecular formula is C51H56. The van der Waals surface area contributed by atoms with Crippen LogP contribution in [-0.4, -0.2) is 0 Å². The fourth-order valence-electron chi connectivity index (χ4n) is 8.13. The average molecular weight is 669 g/mol. The van der Waals surface area contributed by atoms with Gasteiger partial charge in [-0.15, -0.1) is 0 Å². The van der Waals surface area contributed by atoms with Crippen molar-refractivity contribution >= 4 is 0 Å². The first-order valence-electron chi connectivity index (χ1n) is 19.2. The molecule has 0 bridgehead atoms. The van der Waals surface area contributed by atoms with E-state index in [4.69, 9.17) is 0 Å². The van der Waals surface area contributed by atoms with Crippen molar-refractivity contribution in [2.75, 3.05) is 0 Å². The van der Waals surface area contributed by atoms with E-state index in [1.165, 1.54) is 145 Å². The van der Waals surface area contributed by atoms with Crippen LogP contribution in [0.25, 0.3) is 44.5 Å². The third kappa shape index (κ3) is 7.67. The molecule has 6 aromatic rings. The molecule has 0 unspecified atom stereocenters. The van der Waals surface area contributed by atoms with E-state index >= 15 is 0 Å². The second-order valence-corrected chi connectivity index (χ2v) is 14.9. The smallest absolute Gasteiger partial charge is 0.0149 e. The predicted molar refractivity (Wildman–Crippen MR) is 223 cm³/mol. The Hall–Kier alpha value is -4.68. The van der Waals surface area contributed by atoms with E-state index < -0.39 is 0 Å².